The number of aryl methyl sites for hydroxylation is 1. The molecule has 2 aromatic rings. The molecule has 88 valence electrons. The summed E-state index contributed by atoms with van der Waals surface area (Å²) in [7, 11) is 0. The molecule has 1 atom stereocenters. The molecule has 0 aliphatic heterocycles. The van der Waals surface area contributed by atoms with Gasteiger partial charge in [0.05, 0.1) is 9.88 Å². The van der Waals surface area contributed by atoms with Crippen molar-refractivity contribution in [2.24, 2.45) is 5.73 Å². The number of nitrogens with two attached hydrogens (primary N) is 1. The van der Waals surface area contributed by atoms with Crippen LogP contribution in [-0.4, -0.2) is 0 Å². The zero-order valence-corrected chi connectivity index (χ0v) is 11.0. The summed E-state index contributed by atoms with van der Waals surface area (Å²) in [5.74, 6) is 0. The van der Waals surface area contributed by atoms with Gasteiger partial charge in [0.2, 0.25) is 0 Å². The lowest BCUT2D eigenvalue weighted by Gasteiger charge is -2.35. The molecule has 2 N–H and O–H groups in total. The molecule has 3 heteroatoms. The first-order valence-corrected chi connectivity index (χ1v) is 7.03. The summed E-state index contributed by atoms with van der Waals surface area (Å²) in [4.78, 5) is 1.18. The van der Waals surface area contributed by atoms with E-state index in [1.165, 1.54) is 16.0 Å². The predicted octanol–water partition coefficient (Wildman–Crippen LogP) is 3.94. The standard InChI is InChI=1S/C14H14ClNS/c15-13-8-7-12(17-13)14(16)9-3-5-10-4-1-2-6-11(10)14/h1-2,4,6-8H,3,5,9,16H2. The summed E-state index contributed by atoms with van der Waals surface area (Å²) < 4.78 is 0.813. The highest BCUT2D eigenvalue weighted by molar-refractivity contribution is 7.16. The molecule has 1 aromatic carbocycles. The molecule has 1 nitrogen and oxygen atoms in total. The highest BCUT2D eigenvalue weighted by atomic mass is 35.5. The largest absolute Gasteiger partial charge is 0.317 e. The maximum Gasteiger partial charge on any atom is 0.0932 e. The number of rotatable bonds is 1. The van der Waals surface area contributed by atoms with Gasteiger partial charge in [0.15, 0.2) is 0 Å². The van der Waals surface area contributed by atoms with E-state index in [0.717, 1.165) is 23.6 Å². The van der Waals surface area contributed by atoms with Crippen LogP contribution >= 0.6 is 22.9 Å². The second-order valence-electron chi connectivity index (χ2n) is 4.59. The van der Waals surface area contributed by atoms with Crippen molar-refractivity contribution in [2.75, 3.05) is 0 Å². The lowest BCUT2D eigenvalue weighted by molar-refractivity contribution is 0.450. The van der Waals surface area contributed by atoms with Crippen LogP contribution in [0.3, 0.4) is 0 Å². The van der Waals surface area contributed by atoms with Crippen molar-refractivity contribution in [1.82, 2.24) is 0 Å². The smallest absolute Gasteiger partial charge is 0.0932 e. The Bertz CT molecular complexity index is 549. The molecule has 0 saturated heterocycles. The Morgan fingerprint density at radius 3 is 2.76 bits per heavy atom. The Kier molecular flexibility index (Phi) is 2.74. The Balaban J connectivity index is 2.15. The molecule has 1 heterocycles. The zero-order chi connectivity index (χ0) is 11.9. The van der Waals surface area contributed by atoms with E-state index >= 15 is 0 Å². The number of hydrogen-bond acceptors (Lipinski definition) is 2. The van der Waals surface area contributed by atoms with Crippen molar-refractivity contribution in [3.05, 3.63) is 56.7 Å². The van der Waals surface area contributed by atoms with Gasteiger partial charge in [-0.2, -0.15) is 0 Å². The summed E-state index contributed by atoms with van der Waals surface area (Å²) in [6, 6.07) is 12.5. The van der Waals surface area contributed by atoms with Crippen LogP contribution in [0.1, 0.15) is 28.8 Å². The Labute approximate surface area is 110 Å². The second-order valence-corrected chi connectivity index (χ2v) is 6.30. The van der Waals surface area contributed by atoms with Crippen LogP contribution in [0.25, 0.3) is 0 Å². The van der Waals surface area contributed by atoms with Crippen molar-refractivity contribution < 1.29 is 0 Å². The molecule has 0 spiro atoms. The SMILES string of the molecule is NC1(c2ccc(Cl)s2)CCCc2ccccc21. The van der Waals surface area contributed by atoms with Gasteiger partial charge in [0.1, 0.15) is 0 Å². The van der Waals surface area contributed by atoms with Gasteiger partial charge in [-0.1, -0.05) is 35.9 Å². The van der Waals surface area contributed by atoms with Crippen LogP contribution in [0.2, 0.25) is 4.34 Å². The average Bonchev–Trinajstić information content (AvgIpc) is 2.77. The number of benzene rings is 1. The maximum atomic E-state index is 6.66. The lowest BCUT2D eigenvalue weighted by atomic mass is 9.76. The Morgan fingerprint density at radius 1 is 1.18 bits per heavy atom. The minimum atomic E-state index is -0.341. The van der Waals surface area contributed by atoms with Gasteiger partial charge >= 0.3 is 0 Å². The quantitative estimate of drug-likeness (QED) is 0.829. The van der Waals surface area contributed by atoms with E-state index in [4.69, 9.17) is 17.3 Å². The van der Waals surface area contributed by atoms with Gasteiger partial charge in [0.25, 0.3) is 0 Å². The molecule has 0 fully saturated rings. The highest BCUT2D eigenvalue weighted by Crippen LogP contribution is 2.41. The summed E-state index contributed by atoms with van der Waals surface area (Å²) in [5, 5.41) is 0. The first-order valence-electron chi connectivity index (χ1n) is 5.83. The van der Waals surface area contributed by atoms with E-state index in [0.29, 0.717) is 0 Å². The van der Waals surface area contributed by atoms with E-state index < -0.39 is 0 Å². The molecule has 1 unspecified atom stereocenters. The minimum absolute atomic E-state index is 0.341. The minimum Gasteiger partial charge on any atom is -0.317 e. The van der Waals surface area contributed by atoms with E-state index in [1.807, 2.05) is 6.07 Å². The van der Waals surface area contributed by atoms with Gasteiger partial charge in [-0.3, -0.25) is 0 Å². The zero-order valence-electron chi connectivity index (χ0n) is 9.45. The molecule has 0 amide bonds. The van der Waals surface area contributed by atoms with Crippen LogP contribution in [0, 0.1) is 0 Å². The molecule has 0 saturated carbocycles. The fourth-order valence-corrected chi connectivity index (χ4v) is 3.86. The van der Waals surface area contributed by atoms with Crippen molar-refractivity contribution >= 4 is 22.9 Å². The van der Waals surface area contributed by atoms with Crippen molar-refractivity contribution in [2.45, 2.75) is 24.8 Å². The van der Waals surface area contributed by atoms with E-state index in [-0.39, 0.29) is 5.54 Å². The van der Waals surface area contributed by atoms with Crippen LogP contribution in [-0.2, 0) is 12.0 Å². The molecule has 1 aliphatic rings. The highest BCUT2D eigenvalue weighted by Gasteiger charge is 2.35. The van der Waals surface area contributed by atoms with Crippen molar-refractivity contribution in [1.29, 1.82) is 0 Å². The lowest BCUT2D eigenvalue weighted by Crippen LogP contribution is -2.40. The normalized spacial score (nSPS) is 23.4. The van der Waals surface area contributed by atoms with E-state index in [2.05, 4.69) is 30.3 Å². The molecular formula is C14H14ClNS. The first-order chi connectivity index (χ1) is 8.20. The molecule has 17 heavy (non-hydrogen) atoms. The third-order valence-electron chi connectivity index (χ3n) is 3.53. The fourth-order valence-electron chi connectivity index (χ4n) is 2.68. The molecule has 1 aromatic heterocycles. The number of halogens is 1. The third kappa shape index (κ3) is 1.81. The molecule has 0 bridgehead atoms. The molecule has 0 radical (unpaired) electrons. The molecule has 3 rings (SSSR count). The summed E-state index contributed by atoms with van der Waals surface area (Å²) in [6.45, 7) is 0. The summed E-state index contributed by atoms with van der Waals surface area (Å²) in [5.41, 5.74) is 8.97. The van der Waals surface area contributed by atoms with Crippen LogP contribution < -0.4 is 5.73 Å². The summed E-state index contributed by atoms with van der Waals surface area (Å²) >= 11 is 7.63. The van der Waals surface area contributed by atoms with Gasteiger partial charge in [-0.05, 0) is 42.5 Å². The topological polar surface area (TPSA) is 26.0 Å². The van der Waals surface area contributed by atoms with Gasteiger partial charge in [-0.15, -0.1) is 11.3 Å². The van der Waals surface area contributed by atoms with Crippen LogP contribution in [0.15, 0.2) is 36.4 Å². The Hall–Kier alpha value is -0.830. The Morgan fingerprint density at radius 2 is 2.00 bits per heavy atom. The van der Waals surface area contributed by atoms with Crippen LogP contribution in [0.4, 0.5) is 0 Å². The second kappa shape index (κ2) is 4.13. The average molecular weight is 264 g/mol. The van der Waals surface area contributed by atoms with Gasteiger partial charge < -0.3 is 5.73 Å². The third-order valence-corrected chi connectivity index (χ3v) is 4.94. The number of hydrogen-bond donors (Lipinski definition) is 1. The maximum absolute atomic E-state index is 6.66. The van der Waals surface area contributed by atoms with E-state index in [9.17, 15) is 0 Å². The van der Waals surface area contributed by atoms with Gasteiger partial charge in [0, 0.05) is 4.88 Å². The predicted molar refractivity (Wildman–Crippen MR) is 73.7 cm³/mol. The van der Waals surface area contributed by atoms with Crippen molar-refractivity contribution in [3.63, 3.8) is 0 Å². The fraction of sp³-hybridized carbons (Fsp3) is 0.286. The first kappa shape index (κ1) is 11.3. The van der Waals surface area contributed by atoms with Crippen molar-refractivity contribution in [3.8, 4) is 0 Å². The summed E-state index contributed by atoms with van der Waals surface area (Å²) in [6.07, 6.45) is 3.28. The van der Waals surface area contributed by atoms with Crippen LogP contribution in [0.5, 0.6) is 0 Å². The molecular weight excluding hydrogens is 250 g/mol. The number of thiophene rings is 1. The van der Waals surface area contributed by atoms with E-state index in [1.54, 1.807) is 11.3 Å². The number of fused-ring (bicyclic) bond motifs is 1. The van der Waals surface area contributed by atoms with Gasteiger partial charge in [-0.25, -0.2) is 0 Å². The molecule has 1 aliphatic carbocycles. The monoisotopic (exact) mass is 263 g/mol.